The summed E-state index contributed by atoms with van der Waals surface area (Å²) < 4.78 is 0. The first-order valence-electron chi connectivity index (χ1n) is 6.96. The smallest absolute Gasteiger partial charge is 0.0413 e. The molecule has 1 unspecified atom stereocenters. The summed E-state index contributed by atoms with van der Waals surface area (Å²) in [7, 11) is 2.20. The molecule has 0 saturated heterocycles. The number of hydrogen-bond donors (Lipinski definition) is 0. The van der Waals surface area contributed by atoms with Gasteiger partial charge in [0.05, 0.1) is 0 Å². The lowest BCUT2D eigenvalue weighted by molar-refractivity contribution is 0.257. The van der Waals surface area contributed by atoms with Gasteiger partial charge in [-0.15, -0.1) is 11.3 Å². The molecule has 0 aliphatic carbocycles. The molecule has 1 heterocycles. The number of fused-ring (bicyclic) bond motifs is 1. The van der Waals surface area contributed by atoms with Crippen LogP contribution in [0.5, 0.6) is 0 Å². The average molecular weight is 281 g/mol. The quantitative estimate of drug-likeness (QED) is 0.643. The van der Waals surface area contributed by atoms with Crippen LogP contribution in [-0.2, 0) is 6.54 Å². The van der Waals surface area contributed by atoms with Gasteiger partial charge in [0.25, 0.3) is 0 Å². The SMILES string of the molecule is CC(c1cccs1)N(C)Cc1cccc2ccccc12. The van der Waals surface area contributed by atoms with Crippen LogP contribution >= 0.6 is 11.3 Å². The van der Waals surface area contributed by atoms with Crippen molar-refractivity contribution >= 4 is 22.1 Å². The van der Waals surface area contributed by atoms with E-state index in [0.717, 1.165) is 6.54 Å². The second kappa shape index (κ2) is 5.78. The minimum atomic E-state index is 0.453. The molecule has 1 nitrogen and oxygen atoms in total. The van der Waals surface area contributed by atoms with Crippen molar-refractivity contribution in [1.29, 1.82) is 0 Å². The molecule has 0 amide bonds. The molecule has 0 aliphatic heterocycles. The van der Waals surface area contributed by atoms with Crippen LogP contribution in [0.25, 0.3) is 10.8 Å². The predicted molar refractivity (Wildman–Crippen MR) is 88.1 cm³/mol. The Balaban J connectivity index is 1.86. The highest BCUT2D eigenvalue weighted by atomic mass is 32.1. The Bertz CT molecular complexity index is 682. The Labute approximate surface area is 124 Å². The maximum Gasteiger partial charge on any atom is 0.0413 e. The number of rotatable bonds is 4. The highest BCUT2D eigenvalue weighted by Crippen LogP contribution is 2.26. The van der Waals surface area contributed by atoms with Crippen molar-refractivity contribution in [3.05, 3.63) is 70.4 Å². The van der Waals surface area contributed by atoms with E-state index in [-0.39, 0.29) is 0 Å². The molecule has 1 atom stereocenters. The van der Waals surface area contributed by atoms with Gasteiger partial charge in [0, 0.05) is 17.5 Å². The number of thiophene rings is 1. The van der Waals surface area contributed by atoms with Gasteiger partial charge in [-0.2, -0.15) is 0 Å². The van der Waals surface area contributed by atoms with E-state index in [1.54, 1.807) is 0 Å². The molecule has 2 heteroatoms. The number of hydrogen-bond acceptors (Lipinski definition) is 2. The normalized spacial score (nSPS) is 12.9. The van der Waals surface area contributed by atoms with Crippen molar-refractivity contribution in [2.75, 3.05) is 7.05 Å². The zero-order valence-corrected chi connectivity index (χ0v) is 12.7. The Morgan fingerprint density at radius 1 is 1.00 bits per heavy atom. The molecule has 0 aliphatic rings. The molecule has 3 aromatic rings. The Morgan fingerprint density at radius 2 is 1.80 bits per heavy atom. The van der Waals surface area contributed by atoms with E-state index >= 15 is 0 Å². The fourth-order valence-electron chi connectivity index (χ4n) is 2.58. The second-order valence-electron chi connectivity index (χ2n) is 5.24. The first kappa shape index (κ1) is 13.3. The van der Waals surface area contributed by atoms with Gasteiger partial charge in [-0.1, -0.05) is 48.5 Å². The minimum absolute atomic E-state index is 0.453. The molecular formula is C18H19NS. The van der Waals surface area contributed by atoms with E-state index < -0.39 is 0 Å². The number of nitrogens with zero attached hydrogens (tertiary/aromatic N) is 1. The summed E-state index contributed by atoms with van der Waals surface area (Å²) in [5, 5.41) is 4.83. The first-order valence-corrected chi connectivity index (χ1v) is 7.84. The fourth-order valence-corrected chi connectivity index (χ4v) is 3.43. The van der Waals surface area contributed by atoms with Crippen molar-refractivity contribution in [2.45, 2.75) is 19.5 Å². The van der Waals surface area contributed by atoms with Crippen molar-refractivity contribution in [1.82, 2.24) is 4.90 Å². The van der Waals surface area contributed by atoms with Gasteiger partial charge in [0.15, 0.2) is 0 Å². The van der Waals surface area contributed by atoms with Gasteiger partial charge in [-0.3, -0.25) is 4.90 Å². The molecule has 20 heavy (non-hydrogen) atoms. The third-order valence-corrected chi connectivity index (χ3v) is 4.96. The molecule has 102 valence electrons. The van der Waals surface area contributed by atoms with Crippen molar-refractivity contribution in [3.8, 4) is 0 Å². The summed E-state index contributed by atoms with van der Waals surface area (Å²) >= 11 is 1.83. The molecule has 3 rings (SSSR count). The van der Waals surface area contributed by atoms with Crippen molar-refractivity contribution in [2.24, 2.45) is 0 Å². The first-order chi connectivity index (χ1) is 9.75. The van der Waals surface area contributed by atoms with E-state index in [2.05, 4.69) is 78.8 Å². The van der Waals surface area contributed by atoms with Gasteiger partial charge >= 0.3 is 0 Å². The molecule has 0 N–H and O–H groups in total. The molecule has 0 radical (unpaired) electrons. The third kappa shape index (κ3) is 2.62. The molecule has 1 aromatic heterocycles. The predicted octanol–water partition coefficient (Wildman–Crippen LogP) is 5.09. The number of benzene rings is 2. The van der Waals surface area contributed by atoms with Gasteiger partial charge in [-0.25, -0.2) is 0 Å². The maximum absolute atomic E-state index is 2.41. The lowest BCUT2D eigenvalue weighted by atomic mass is 10.0. The topological polar surface area (TPSA) is 3.24 Å². The zero-order chi connectivity index (χ0) is 13.9. The summed E-state index contributed by atoms with van der Waals surface area (Å²) in [5.41, 5.74) is 1.40. The van der Waals surface area contributed by atoms with Crippen molar-refractivity contribution < 1.29 is 0 Å². The fraction of sp³-hybridized carbons (Fsp3) is 0.222. The van der Waals surface area contributed by atoms with Gasteiger partial charge in [-0.05, 0) is 41.8 Å². The van der Waals surface area contributed by atoms with Crippen LogP contribution in [0.3, 0.4) is 0 Å². The van der Waals surface area contributed by atoms with E-state index in [1.165, 1.54) is 21.2 Å². The highest BCUT2D eigenvalue weighted by molar-refractivity contribution is 7.10. The van der Waals surface area contributed by atoms with E-state index in [1.807, 2.05) is 11.3 Å². The van der Waals surface area contributed by atoms with E-state index in [9.17, 15) is 0 Å². The van der Waals surface area contributed by atoms with Crippen LogP contribution in [0.4, 0.5) is 0 Å². The lowest BCUT2D eigenvalue weighted by Gasteiger charge is -2.24. The van der Waals surface area contributed by atoms with Crippen LogP contribution < -0.4 is 0 Å². The van der Waals surface area contributed by atoms with Crippen LogP contribution in [0.1, 0.15) is 23.4 Å². The Hall–Kier alpha value is -1.64. The van der Waals surface area contributed by atoms with E-state index in [0.29, 0.717) is 6.04 Å². The average Bonchev–Trinajstić information content (AvgIpc) is 3.01. The van der Waals surface area contributed by atoms with Crippen LogP contribution in [-0.4, -0.2) is 11.9 Å². The van der Waals surface area contributed by atoms with Gasteiger partial charge in [0.2, 0.25) is 0 Å². The van der Waals surface area contributed by atoms with Crippen LogP contribution in [0, 0.1) is 0 Å². The lowest BCUT2D eigenvalue weighted by Crippen LogP contribution is -2.21. The summed E-state index contributed by atoms with van der Waals surface area (Å²) in [6.07, 6.45) is 0. The summed E-state index contributed by atoms with van der Waals surface area (Å²) in [4.78, 5) is 3.83. The molecular weight excluding hydrogens is 262 g/mol. The highest BCUT2D eigenvalue weighted by Gasteiger charge is 2.13. The molecule has 0 saturated carbocycles. The third-order valence-electron chi connectivity index (χ3n) is 3.92. The zero-order valence-electron chi connectivity index (χ0n) is 11.9. The molecule has 0 fully saturated rings. The van der Waals surface area contributed by atoms with Crippen molar-refractivity contribution in [3.63, 3.8) is 0 Å². The molecule has 2 aromatic carbocycles. The largest absolute Gasteiger partial charge is 0.295 e. The van der Waals surface area contributed by atoms with Crippen LogP contribution in [0.2, 0.25) is 0 Å². The summed E-state index contributed by atoms with van der Waals surface area (Å²) in [5.74, 6) is 0. The monoisotopic (exact) mass is 281 g/mol. The summed E-state index contributed by atoms with van der Waals surface area (Å²) in [6.45, 7) is 3.25. The minimum Gasteiger partial charge on any atom is -0.295 e. The van der Waals surface area contributed by atoms with Gasteiger partial charge in [0.1, 0.15) is 0 Å². The Morgan fingerprint density at radius 3 is 2.60 bits per heavy atom. The molecule has 0 spiro atoms. The van der Waals surface area contributed by atoms with E-state index in [4.69, 9.17) is 0 Å². The molecule has 0 bridgehead atoms. The maximum atomic E-state index is 2.41. The van der Waals surface area contributed by atoms with Gasteiger partial charge < -0.3 is 0 Å². The standard InChI is InChI=1S/C18H19NS/c1-14(18-11-6-12-20-18)19(2)13-16-9-5-8-15-7-3-4-10-17(15)16/h3-12,14H,13H2,1-2H3. The Kier molecular flexibility index (Phi) is 3.86. The van der Waals surface area contributed by atoms with Crippen LogP contribution in [0.15, 0.2) is 60.0 Å². The summed E-state index contributed by atoms with van der Waals surface area (Å²) in [6, 6.07) is 20.0. The second-order valence-corrected chi connectivity index (χ2v) is 6.22.